The molecular formula is C12H15BO3. The average molecular weight is 218 g/mol. The van der Waals surface area contributed by atoms with Crippen LogP contribution in [-0.2, 0) is 0 Å². The zero-order valence-electron chi connectivity index (χ0n) is 10.00. The molecule has 1 atom stereocenters. The minimum Gasteiger partial charge on any atom is -0.389 e. The predicted octanol–water partition coefficient (Wildman–Crippen LogP) is 0.404. The lowest BCUT2D eigenvalue weighted by atomic mass is 9.85. The third-order valence-corrected chi connectivity index (χ3v) is 2.49. The zero-order chi connectivity index (χ0) is 12.5. The van der Waals surface area contributed by atoms with Crippen LogP contribution in [0.15, 0.2) is 12.1 Å². The van der Waals surface area contributed by atoms with E-state index in [1.165, 1.54) is 13.8 Å². The van der Waals surface area contributed by atoms with Crippen molar-refractivity contribution in [1.82, 2.24) is 0 Å². The SMILES string of the molecule is Bc1cc(C(C)=O)c(C(C)=O)c(C(C)O)c1. The summed E-state index contributed by atoms with van der Waals surface area (Å²) < 4.78 is 0. The predicted molar refractivity (Wildman–Crippen MR) is 65.3 cm³/mol. The van der Waals surface area contributed by atoms with E-state index in [9.17, 15) is 14.7 Å². The van der Waals surface area contributed by atoms with Crippen LogP contribution in [0.5, 0.6) is 0 Å². The molecule has 0 spiro atoms. The molecule has 1 aromatic rings. The molecule has 0 amide bonds. The monoisotopic (exact) mass is 218 g/mol. The molecule has 1 N–H and O–H groups in total. The molecule has 0 fully saturated rings. The van der Waals surface area contributed by atoms with Gasteiger partial charge < -0.3 is 5.11 Å². The molecule has 0 aliphatic carbocycles. The lowest BCUT2D eigenvalue weighted by Crippen LogP contribution is -2.16. The molecule has 0 bridgehead atoms. The number of hydrogen-bond acceptors (Lipinski definition) is 3. The maximum Gasteiger partial charge on any atom is 0.160 e. The van der Waals surface area contributed by atoms with E-state index in [4.69, 9.17) is 0 Å². The summed E-state index contributed by atoms with van der Waals surface area (Å²) in [6.45, 7) is 4.42. The molecule has 1 rings (SSSR count). The zero-order valence-corrected chi connectivity index (χ0v) is 10.00. The Morgan fingerprint density at radius 2 is 1.81 bits per heavy atom. The highest BCUT2D eigenvalue weighted by Gasteiger charge is 2.19. The Kier molecular flexibility index (Phi) is 3.65. The van der Waals surface area contributed by atoms with Crippen molar-refractivity contribution in [2.45, 2.75) is 26.9 Å². The number of rotatable bonds is 3. The van der Waals surface area contributed by atoms with E-state index in [1.807, 2.05) is 7.85 Å². The summed E-state index contributed by atoms with van der Waals surface area (Å²) in [5, 5.41) is 9.62. The van der Waals surface area contributed by atoms with Crippen LogP contribution in [-0.4, -0.2) is 24.5 Å². The van der Waals surface area contributed by atoms with E-state index in [0.717, 1.165) is 5.46 Å². The maximum atomic E-state index is 11.5. The third kappa shape index (κ3) is 2.39. The van der Waals surface area contributed by atoms with Gasteiger partial charge in [0.25, 0.3) is 0 Å². The maximum absolute atomic E-state index is 11.5. The van der Waals surface area contributed by atoms with Crippen molar-refractivity contribution in [2.75, 3.05) is 0 Å². The molecule has 3 nitrogen and oxygen atoms in total. The third-order valence-electron chi connectivity index (χ3n) is 2.49. The average Bonchev–Trinajstić information content (AvgIpc) is 2.15. The van der Waals surface area contributed by atoms with Crippen molar-refractivity contribution in [3.63, 3.8) is 0 Å². The molecule has 84 valence electrons. The van der Waals surface area contributed by atoms with Crippen molar-refractivity contribution in [3.8, 4) is 0 Å². The number of benzene rings is 1. The van der Waals surface area contributed by atoms with Gasteiger partial charge in [0.15, 0.2) is 11.6 Å². The van der Waals surface area contributed by atoms with E-state index >= 15 is 0 Å². The second-order valence-corrected chi connectivity index (χ2v) is 4.07. The Bertz CT molecular complexity index is 450. The van der Waals surface area contributed by atoms with Crippen molar-refractivity contribution >= 4 is 24.9 Å². The standard InChI is InChI=1S/C12H15BO3/c1-6(14)10-4-9(13)5-11(7(2)15)12(10)8(3)16/h4-6,14H,13H2,1-3H3. The fraction of sp³-hybridized carbons (Fsp3) is 0.333. The van der Waals surface area contributed by atoms with E-state index in [1.54, 1.807) is 19.1 Å². The van der Waals surface area contributed by atoms with Gasteiger partial charge >= 0.3 is 0 Å². The Balaban J connectivity index is 3.60. The Morgan fingerprint density at radius 3 is 2.19 bits per heavy atom. The molecule has 1 unspecified atom stereocenters. The second kappa shape index (κ2) is 4.62. The smallest absolute Gasteiger partial charge is 0.160 e. The van der Waals surface area contributed by atoms with Crippen molar-refractivity contribution < 1.29 is 14.7 Å². The van der Waals surface area contributed by atoms with Gasteiger partial charge in [-0.05, 0) is 26.3 Å². The van der Waals surface area contributed by atoms with Gasteiger partial charge in [0, 0.05) is 11.1 Å². The van der Waals surface area contributed by atoms with Crippen LogP contribution in [0, 0.1) is 0 Å². The number of aliphatic hydroxyl groups excluding tert-OH is 1. The molecule has 0 aliphatic heterocycles. The summed E-state index contributed by atoms with van der Waals surface area (Å²) in [6.07, 6.45) is -0.753. The summed E-state index contributed by atoms with van der Waals surface area (Å²) >= 11 is 0. The summed E-state index contributed by atoms with van der Waals surface area (Å²) in [5.41, 5.74) is 2.13. The van der Waals surface area contributed by atoms with E-state index in [2.05, 4.69) is 0 Å². The summed E-state index contributed by atoms with van der Waals surface area (Å²) in [4.78, 5) is 23.0. The number of hydrogen-bond donors (Lipinski definition) is 1. The van der Waals surface area contributed by atoms with Crippen LogP contribution in [0.2, 0.25) is 0 Å². The number of carbonyl (C=O) groups excluding carboxylic acids is 2. The first kappa shape index (κ1) is 12.7. The van der Waals surface area contributed by atoms with E-state index in [0.29, 0.717) is 16.7 Å². The van der Waals surface area contributed by atoms with Crippen LogP contribution in [0.25, 0.3) is 0 Å². The normalized spacial score (nSPS) is 12.2. The van der Waals surface area contributed by atoms with Gasteiger partial charge in [0.05, 0.1) is 6.10 Å². The van der Waals surface area contributed by atoms with Gasteiger partial charge in [0.2, 0.25) is 0 Å². The lowest BCUT2D eigenvalue weighted by molar-refractivity contribution is 0.0976. The molecule has 4 heteroatoms. The van der Waals surface area contributed by atoms with E-state index < -0.39 is 6.10 Å². The van der Waals surface area contributed by atoms with Crippen LogP contribution in [0.4, 0.5) is 0 Å². The molecule has 0 radical (unpaired) electrons. The molecule has 0 saturated carbocycles. The van der Waals surface area contributed by atoms with Gasteiger partial charge in [-0.2, -0.15) is 0 Å². The minimum atomic E-state index is -0.753. The van der Waals surface area contributed by atoms with Gasteiger partial charge in [0.1, 0.15) is 7.85 Å². The highest BCUT2D eigenvalue weighted by molar-refractivity contribution is 6.33. The first-order chi connectivity index (χ1) is 7.34. The molecule has 0 heterocycles. The number of ketones is 2. The van der Waals surface area contributed by atoms with Crippen LogP contribution >= 0.6 is 0 Å². The Hall–Kier alpha value is -1.42. The molecule has 0 aromatic heterocycles. The highest BCUT2D eigenvalue weighted by atomic mass is 16.3. The fourth-order valence-corrected chi connectivity index (χ4v) is 1.81. The fourth-order valence-electron chi connectivity index (χ4n) is 1.81. The highest BCUT2D eigenvalue weighted by Crippen LogP contribution is 2.21. The second-order valence-electron chi connectivity index (χ2n) is 4.07. The molecular weight excluding hydrogens is 203 g/mol. The summed E-state index contributed by atoms with van der Waals surface area (Å²) in [5.74, 6) is -0.350. The molecule has 0 saturated heterocycles. The number of carbonyl (C=O) groups is 2. The van der Waals surface area contributed by atoms with Gasteiger partial charge in [-0.3, -0.25) is 9.59 Å². The van der Waals surface area contributed by atoms with Crippen LogP contribution in [0.3, 0.4) is 0 Å². The quantitative estimate of drug-likeness (QED) is 0.590. The molecule has 0 aliphatic rings. The number of Topliss-reactive ketones (excluding diaryl/α,β-unsaturated/α-hetero) is 2. The van der Waals surface area contributed by atoms with Gasteiger partial charge in [-0.1, -0.05) is 17.6 Å². The van der Waals surface area contributed by atoms with Crippen molar-refractivity contribution in [3.05, 3.63) is 28.8 Å². The lowest BCUT2D eigenvalue weighted by Gasteiger charge is -2.14. The summed E-state index contributed by atoms with van der Waals surface area (Å²) in [7, 11) is 1.84. The van der Waals surface area contributed by atoms with Crippen LogP contribution in [0.1, 0.15) is 53.2 Å². The largest absolute Gasteiger partial charge is 0.389 e. The number of aliphatic hydroxyl groups is 1. The molecule has 1 aromatic carbocycles. The Morgan fingerprint density at radius 1 is 1.25 bits per heavy atom. The molecule has 16 heavy (non-hydrogen) atoms. The topological polar surface area (TPSA) is 54.4 Å². The minimum absolute atomic E-state index is 0.157. The first-order valence-corrected chi connectivity index (χ1v) is 5.19. The summed E-state index contributed by atoms with van der Waals surface area (Å²) in [6, 6.07) is 3.43. The van der Waals surface area contributed by atoms with Crippen LogP contribution < -0.4 is 5.46 Å². The van der Waals surface area contributed by atoms with E-state index in [-0.39, 0.29) is 11.6 Å². The first-order valence-electron chi connectivity index (χ1n) is 5.19. The van der Waals surface area contributed by atoms with Gasteiger partial charge in [-0.25, -0.2) is 0 Å². The van der Waals surface area contributed by atoms with Crippen molar-refractivity contribution in [1.29, 1.82) is 0 Å². The Labute approximate surface area is 95.9 Å². The van der Waals surface area contributed by atoms with Crippen molar-refractivity contribution in [2.24, 2.45) is 0 Å². The van der Waals surface area contributed by atoms with Gasteiger partial charge in [-0.15, -0.1) is 0 Å².